The van der Waals surface area contributed by atoms with Crippen LogP contribution in [0.25, 0.3) is 10.8 Å². The van der Waals surface area contributed by atoms with Crippen molar-refractivity contribution in [3.8, 4) is 0 Å². The monoisotopic (exact) mass is 307 g/mol. The van der Waals surface area contributed by atoms with Crippen LogP contribution in [-0.4, -0.2) is 25.7 Å². The van der Waals surface area contributed by atoms with Crippen molar-refractivity contribution in [3.63, 3.8) is 0 Å². The molecule has 1 heterocycles. The minimum atomic E-state index is -3.11. The van der Waals surface area contributed by atoms with Crippen LogP contribution < -0.4 is 0 Å². The zero-order valence-electron chi connectivity index (χ0n) is 11.6. The number of fused-ring (bicyclic) bond motifs is 1. The first-order valence-corrected chi connectivity index (χ1v) is 10.3. The Balaban J connectivity index is 2.03. The van der Waals surface area contributed by atoms with Crippen molar-refractivity contribution in [1.29, 1.82) is 0 Å². The predicted octanol–water partition coefficient (Wildman–Crippen LogP) is 3.40. The standard InChI is InChI=1S/C16H19O2S2/c1-2-20(17,18)16-8-6-13-11-15(7-5-14(13)12-16)19-9-3-4-10-19/h5-8,11-12H,2-4,9-10H2,1H3/q+1. The van der Waals surface area contributed by atoms with E-state index in [2.05, 4.69) is 18.2 Å². The molecule has 0 spiro atoms. The maximum Gasteiger partial charge on any atom is 0.178 e. The van der Waals surface area contributed by atoms with Gasteiger partial charge in [-0.05, 0) is 47.9 Å². The highest BCUT2D eigenvalue weighted by Crippen LogP contribution is 2.27. The summed E-state index contributed by atoms with van der Waals surface area (Å²) in [5, 5.41) is 2.17. The number of hydrogen-bond donors (Lipinski definition) is 0. The molecule has 2 nitrogen and oxygen atoms in total. The summed E-state index contributed by atoms with van der Waals surface area (Å²) in [6.07, 6.45) is 2.68. The first-order valence-electron chi connectivity index (χ1n) is 7.04. The van der Waals surface area contributed by atoms with Gasteiger partial charge in [-0.2, -0.15) is 0 Å². The summed E-state index contributed by atoms with van der Waals surface area (Å²) < 4.78 is 23.8. The third-order valence-electron chi connectivity index (χ3n) is 3.89. The highest BCUT2D eigenvalue weighted by Gasteiger charge is 2.26. The number of hydrogen-bond acceptors (Lipinski definition) is 2. The van der Waals surface area contributed by atoms with Gasteiger partial charge in [0.1, 0.15) is 11.5 Å². The Labute approximate surface area is 123 Å². The van der Waals surface area contributed by atoms with Crippen LogP contribution >= 0.6 is 0 Å². The van der Waals surface area contributed by atoms with E-state index in [1.165, 1.54) is 29.2 Å². The van der Waals surface area contributed by atoms with Crippen molar-refractivity contribution in [2.75, 3.05) is 17.3 Å². The number of benzene rings is 2. The molecule has 106 valence electrons. The third-order valence-corrected chi connectivity index (χ3v) is 8.10. The topological polar surface area (TPSA) is 34.1 Å². The smallest absolute Gasteiger partial charge is 0.178 e. The second-order valence-corrected chi connectivity index (χ2v) is 9.73. The van der Waals surface area contributed by atoms with Gasteiger partial charge in [0.05, 0.1) is 10.6 Å². The second-order valence-electron chi connectivity index (χ2n) is 5.18. The molecule has 3 rings (SSSR count). The largest absolute Gasteiger partial charge is 0.224 e. The molecule has 0 aromatic heterocycles. The maximum absolute atomic E-state index is 11.9. The molecule has 2 aromatic rings. The normalized spacial score (nSPS) is 16.9. The van der Waals surface area contributed by atoms with Crippen molar-refractivity contribution in [2.45, 2.75) is 29.6 Å². The summed E-state index contributed by atoms with van der Waals surface area (Å²) >= 11 is 0. The Kier molecular flexibility index (Phi) is 3.78. The lowest BCUT2D eigenvalue weighted by Crippen LogP contribution is -2.04. The molecule has 0 radical (unpaired) electrons. The van der Waals surface area contributed by atoms with Crippen molar-refractivity contribution in [3.05, 3.63) is 36.4 Å². The quantitative estimate of drug-likeness (QED) is 0.814. The molecule has 20 heavy (non-hydrogen) atoms. The van der Waals surface area contributed by atoms with Gasteiger partial charge in [0, 0.05) is 17.0 Å². The Morgan fingerprint density at radius 2 is 1.65 bits per heavy atom. The van der Waals surface area contributed by atoms with Crippen LogP contribution in [-0.2, 0) is 20.7 Å². The molecule has 0 atom stereocenters. The SMILES string of the molecule is CCS(=O)(=O)c1ccc2cc([S+]3CCCC3)ccc2c1. The van der Waals surface area contributed by atoms with Gasteiger partial charge < -0.3 is 0 Å². The molecule has 0 unspecified atom stereocenters. The van der Waals surface area contributed by atoms with Gasteiger partial charge >= 0.3 is 0 Å². The van der Waals surface area contributed by atoms with Crippen molar-refractivity contribution >= 4 is 31.5 Å². The molecule has 4 heteroatoms. The summed E-state index contributed by atoms with van der Waals surface area (Å²) in [4.78, 5) is 1.87. The van der Waals surface area contributed by atoms with Gasteiger partial charge in [0.2, 0.25) is 0 Å². The summed E-state index contributed by atoms with van der Waals surface area (Å²) in [7, 11) is -2.70. The lowest BCUT2D eigenvalue weighted by molar-refractivity contribution is 0.597. The zero-order chi connectivity index (χ0) is 14.2. The fraction of sp³-hybridized carbons (Fsp3) is 0.375. The molecule has 0 N–H and O–H groups in total. The second kappa shape index (κ2) is 5.41. The van der Waals surface area contributed by atoms with Gasteiger partial charge in [-0.3, -0.25) is 0 Å². The van der Waals surface area contributed by atoms with E-state index in [1.807, 2.05) is 6.07 Å². The van der Waals surface area contributed by atoms with E-state index in [-0.39, 0.29) is 5.75 Å². The molecule has 1 saturated heterocycles. The highest BCUT2D eigenvalue weighted by atomic mass is 32.2. The molecule has 0 amide bonds. The first-order chi connectivity index (χ1) is 9.60. The Bertz CT molecular complexity index is 729. The lowest BCUT2D eigenvalue weighted by Gasteiger charge is -2.05. The van der Waals surface area contributed by atoms with Crippen LogP contribution in [0.4, 0.5) is 0 Å². The van der Waals surface area contributed by atoms with Crippen molar-refractivity contribution in [2.24, 2.45) is 0 Å². The predicted molar refractivity (Wildman–Crippen MR) is 86.3 cm³/mol. The number of sulfone groups is 1. The van der Waals surface area contributed by atoms with E-state index in [9.17, 15) is 8.42 Å². The third kappa shape index (κ3) is 2.59. The molecule has 0 bridgehead atoms. The average molecular weight is 307 g/mol. The van der Waals surface area contributed by atoms with Crippen LogP contribution in [0.2, 0.25) is 0 Å². The van der Waals surface area contributed by atoms with Gasteiger partial charge in [-0.15, -0.1) is 0 Å². The summed E-state index contributed by atoms with van der Waals surface area (Å²) in [6.45, 7) is 1.68. The Morgan fingerprint density at radius 3 is 2.35 bits per heavy atom. The van der Waals surface area contributed by atoms with E-state index < -0.39 is 9.84 Å². The molecule has 0 aliphatic carbocycles. The highest BCUT2D eigenvalue weighted by molar-refractivity contribution is 7.97. The summed E-state index contributed by atoms with van der Waals surface area (Å²) in [5.74, 6) is 2.78. The number of rotatable bonds is 3. The van der Waals surface area contributed by atoms with Crippen LogP contribution in [0.1, 0.15) is 19.8 Å². The Morgan fingerprint density at radius 1 is 1.00 bits per heavy atom. The molecule has 1 aliphatic heterocycles. The summed E-state index contributed by atoms with van der Waals surface area (Å²) in [6, 6.07) is 12.0. The van der Waals surface area contributed by atoms with E-state index >= 15 is 0 Å². The van der Waals surface area contributed by atoms with Gasteiger partial charge in [-0.1, -0.05) is 13.0 Å². The van der Waals surface area contributed by atoms with E-state index in [0.717, 1.165) is 10.8 Å². The molecule has 2 aromatic carbocycles. The minimum Gasteiger partial charge on any atom is -0.224 e. The minimum absolute atomic E-state index is 0.153. The zero-order valence-corrected chi connectivity index (χ0v) is 13.3. The molecule has 0 saturated carbocycles. The fourth-order valence-electron chi connectivity index (χ4n) is 2.63. The van der Waals surface area contributed by atoms with Crippen LogP contribution in [0.3, 0.4) is 0 Å². The molecular formula is C16H19O2S2+. The van der Waals surface area contributed by atoms with Crippen LogP contribution in [0, 0.1) is 0 Å². The lowest BCUT2D eigenvalue weighted by atomic mass is 10.1. The van der Waals surface area contributed by atoms with Crippen molar-refractivity contribution < 1.29 is 8.42 Å². The van der Waals surface area contributed by atoms with Gasteiger partial charge in [-0.25, -0.2) is 8.42 Å². The molecule has 1 aliphatic rings. The van der Waals surface area contributed by atoms with E-state index in [0.29, 0.717) is 15.8 Å². The van der Waals surface area contributed by atoms with Gasteiger partial charge in [0.15, 0.2) is 14.7 Å². The molecule has 1 fully saturated rings. The first kappa shape index (κ1) is 14.0. The van der Waals surface area contributed by atoms with E-state index in [4.69, 9.17) is 0 Å². The van der Waals surface area contributed by atoms with Crippen LogP contribution in [0.5, 0.6) is 0 Å². The Hall–Kier alpha value is -1.00. The fourth-order valence-corrected chi connectivity index (χ4v) is 5.88. The van der Waals surface area contributed by atoms with Crippen molar-refractivity contribution in [1.82, 2.24) is 0 Å². The van der Waals surface area contributed by atoms with Crippen LogP contribution in [0.15, 0.2) is 46.2 Å². The van der Waals surface area contributed by atoms with Gasteiger partial charge in [0.25, 0.3) is 0 Å². The average Bonchev–Trinajstić information content (AvgIpc) is 3.00. The van der Waals surface area contributed by atoms with E-state index in [1.54, 1.807) is 19.1 Å². The summed E-state index contributed by atoms with van der Waals surface area (Å²) in [5.41, 5.74) is 0. The maximum atomic E-state index is 11.9. The molecular weight excluding hydrogens is 288 g/mol.